The van der Waals surface area contributed by atoms with Crippen LogP contribution < -0.4 is 11.2 Å². The molecule has 1 unspecified atom stereocenters. The van der Waals surface area contributed by atoms with Crippen molar-refractivity contribution in [3.05, 3.63) is 32.6 Å². The fraction of sp³-hybridized carbons (Fsp3) is 0.600. The minimum Gasteiger partial charge on any atom is -0.352 e. The SMILES string of the molecule is Cc1cn(C(C)OCC(F)(F)C(F)F)c(=O)[nH]c1=O. The second-order valence-electron chi connectivity index (χ2n) is 3.95. The normalized spacial score (nSPS) is 13.8. The van der Waals surface area contributed by atoms with Gasteiger partial charge in [0, 0.05) is 11.8 Å². The predicted octanol–water partition coefficient (Wildman–Crippen LogP) is 1.28. The van der Waals surface area contributed by atoms with Crippen molar-refractivity contribution < 1.29 is 22.3 Å². The Morgan fingerprint density at radius 1 is 1.42 bits per heavy atom. The molecule has 1 rings (SSSR count). The first-order chi connectivity index (χ1) is 8.65. The molecule has 0 radical (unpaired) electrons. The van der Waals surface area contributed by atoms with Gasteiger partial charge in [0.25, 0.3) is 5.56 Å². The van der Waals surface area contributed by atoms with Gasteiger partial charge >= 0.3 is 18.0 Å². The molecule has 108 valence electrons. The van der Waals surface area contributed by atoms with E-state index in [9.17, 15) is 27.2 Å². The van der Waals surface area contributed by atoms with E-state index in [1.54, 1.807) is 0 Å². The number of hydrogen-bond acceptors (Lipinski definition) is 3. The largest absolute Gasteiger partial charge is 0.352 e. The van der Waals surface area contributed by atoms with Crippen LogP contribution in [0.3, 0.4) is 0 Å². The van der Waals surface area contributed by atoms with E-state index in [2.05, 4.69) is 4.74 Å². The number of aromatic amines is 1. The summed E-state index contributed by atoms with van der Waals surface area (Å²) in [6.45, 7) is 1.09. The van der Waals surface area contributed by atoms with Crippen LogP contribution in [0.2, 0.25) is 0 Å². The highest BCUT2D eigenvalue weighted by molar-refractivity contribution is 5.01. The van der Waals surface area contributed by atoms with Crippen LogP contribution in [0.1, 0.15) is 18.7 Å². The van der Waals surface area contributed by atoms with E-state index < -0.39 is 36.4 Å². The summed E-state index contributed by atoms with van der Waals surface area (Å²) in [5.74, 6) is -4.30. The van der Waals surface area contributed by atoms with Crippen LogP contribution in [-0.2, 0) is 4.74 Å². The summed E-state index contributed by atoms with van der Waals surface area (Å²) in [5, 5.41) is 0. The van der Waals surface area contributed by atoms with Crippen LogP contribution >= 0.6 is 0 Å². The lowest BCUT2D eigenvalue weighted by Gasteiger charge is -2.20. The molecule has 0 saturated heterocycles. The van der Waals surface area contributed by atoms with Crippen molar-refractivity contribution >= 4 is 0 Å². The van der Waals surface area contributed by atoms with Gasteiger partial charge in [-0.1, -0.05) is 0 Å². The van der Waals surface area contributed by atoms with E-state index in [1.165, 1.54) is 13.8 Å². The summed E-state index contributed by atoms with van der Waals surface area (Å²) in [6, 6.07) is 0. The number of ether oxygens (including phenoxy) is 1. The Bertz CT molecular complexity index is 552. The summed E-state index contributed by atoms with van der Waals surface area (Å²) < 4.78 is 54.5. The number of alkyl halides is 4. The van der Waals surface area contributed by atoms with Crippen molar-refractivity contribution in [2.24, 2.45) is 0 Å². The Labute approximate surface area is 104 Å². The first kappa shape index (κ1) is 15.4. The van der Waals surface area contributed by atoms with Gasteiger partial charge in [-0.15, -0.1) is 0 Å². The topological polar surface area (TPSA) is 64.1 Å². The predicted molar refractivity (Wildman–Crippen MR) is 57.7 cm³/mol. The maximum Gasteiger partial charge on any atom is 0.330 e. The number of aromatic nitrogens is 2. The number of halogens is 4. The van der Waals surface area contributed by atoms with Crippen molar-refractivity contribution in [2.45, 2.75) is 32.4 Å². The van der Waals surface area contributed by atoms with Crippen LogP contribution in [0.4, 0.5) is 17.6 Å². The van der Waals surface area contributed by atoms with E-state index in [0.29, 0.717) is 0 Å². The van der Waals surface area contributed by atoms with Crippen molar-refractivity contribution in [3.63, 3.8) is 0 Å². The molecular weight excluding hydrogens is 272 g/mol. The summed E-state index contributed by atoms with van der Waals surface area (Å²) >= 11 is 0. The summed E-state index contributed by atoms with van der Waals surface area (Å²) in [4.78, 5) is 24.4. The smallest absolute Gasteiger partial charge is 0.330 e. The van der Waals surface area contributed by atoms with Gasteiger partial charge in [0.2, 0.25) is 0 Å². The molecule has 1 aromatic rings. The molecule has 1 heterocycles. The monoisotopic (exact) mass is 284 g/mol. The average Bonchev–Trinajstić information content (AvgIpc) is 2.30. The van der Waals surface area contributed by atoms with Gasteiger partial charge < -0.3 is 4.74 Å². The second-order valence-corrected chi connectivity index (χ2v) is 3.95. The van der Waals surface area contributed by atoms with Gasteiger partial charge in [-0.3, -0.25) is 14.3 Å². The molecule has 0 aliphatic rings. The first-order valence-electron chi connectivity index (χ1n) is 5.25. The second kappa shape index (κ2) is 5.55. The minimum absolute atomic E-state index is 0.163. The van der Waals surface area contributed by atoms with Gasteiger partial charge in [-0.05, 0) is 13.8 Å². The fourth-order valence-corrected chi connectivity index (χ4v) is 1.23. The number of rotatable bonds is 5. The molecule has 1 N–H and O–H groups in total. The third-order valence-corrected chi connectivity index (χ3v) is 2.37. The zero-order chi connectivity index (χ0) is 14.8. The van der Waals surface area contributed by atoms with Crippen LogP contribution in [0.5, 0.6) is 0 Å². The van der Waals surface area contributed by atoms with Crippen LogP contribution in [-0.4, -0.2) is 28.5 Å². The Morgan fingerprint density at radius 2 is 2.00 bits per heavy atom. The van der Waals surface area contributed by atoms with E-state index in [4.69, 9.17) is 0 Å². The number of nitrogens with one attached hydrogen (secondary N) is 1. The molecule has 0 fully saturated rings. The maximum absolute atomic E-state index is 12.6. The van der Waals surface area contributed by atoms with Gasteiger partial charge in [0.1, 0.15) is 12.8 Å². The summed E-state index contributed by atoms with van der Waals surface area (Å²) in [7, 11) is 0. The van der Waals surface area contributed by atoms with Gasteiger partial charge in [0.05, 0.1) is 0 Å². The van der Waals surface area contributed by atoms with Crippen LogP contribution in [0.15, 0.2) is 15.8 Å². The van der Waals surface area contributed by atoms with E-state index in [-0.39, 0.29) is 5.56 Å². The molecule has 1 atom stereocenters. The zero-order valence-electron chi connectivity index (χ0n) is 10.1. The maximum atomic E-state index is 12.6. The zero-order valence-corrected chi connectivity index (χ0v) is 10.1. The molecule has 0 bridgehead atoms. The molecule has 0 aromatic carbocycles. The highest BCUT2D eigenvalue weighted by Crippen LogP contribution is 2.24. The van der Waals surface area contributed by atoms with Gasteiger partial charge in [0.15, 0.2) is 0 Å². The molecule has 1 aromatic heterocycles. The lowest BCUT2D eigenvalue weighted by atomic mass is 10.3. The van der Waals surface area contributed by atoms with E-state index >= 15 is 0 Å². The number of nitrogens with zero attached hydrogens (tertiary/aromatic N) is 1. The lowest BCUT2D eigenvalue weighted by Crippen LogP contribution is -2.37. The van der Waals surface area contributed by atoms with Crippen molar-refractivity contribution in [1.82, 2.24) is 9.55 Å². The van der Waals surface area contributed by atoms with Gasteiger partial charge in [-0.25, -0.2) is 13.6 Å². The Kier molecular flexibility index (Phi) is 4.51. The average molecular weight is 284 g/mol. The molecule has 0 spiro atoms. The molecule has 0 aliphatic carbocycles. The Morgan fingerprint density at radius 3 is 2.53 bits per heavy atom. The highest BCUT2D eigenvalue weighted by atomic mass is 19.3. The number of aryl methyl sites for hydroxylation is 1. The molecule has 9 heteroatoms. The van der Waals surface area contributed by atoms with E-state index in [0.717, 1.165) is 10.8 Å². The third-order valence-electron chi connectivity index (χ3n) is 2.37. The highest BCUT2D eigenvalue weighted by Gasteiger charge is 2.41. The van der Waals surface area contributed by atoms with Crippen molar-refractivity contribution in [3.8, 4) is 0 Å². The third kappa shape index (κ3) is 3.66. The fourth-order valence-electron chi connectivity index (χ4n) is 1.23. The summed E-state index contributed by atoms with van der Waals surface area (Å²) in [6.07, 6.45) is -3.96. The standard InChI is InChI=1S/C10H12F4N2O3/c1-5-3-16(9(18)15-7(5)17)6(2)19-4-10(13,14)8(11)12/h3,6,8H,4H2,1-2H3,(H,15,17,18). The molecular formula is C10H12F4N2O3. The Hall–Kier alpha value is -1.64. The quantitative estimate of drug-likeness (QED) is 0.828. The lowest BCUT2D eigenvalue weighted by molar-refractivity contribution is -0.182. The summed E-state index contributed by atoms with van der Waals surface area (Å²) in [5.41, 5.74) is -1.33. The number of hydrogen-bond donors (Lipinski definition) is 1. The van der Waals surface area contributed by atoms with Crippen molar-refractivity contribution in [2.75, 3.05) is 6.61 Å². The Balaban J connectivity index is 2.85. The molecule has 5 nitrogen and oxygen atoms in total. The van der Waals surface area contributed by atoms with Gasteiger partial charge in [-0.2, -0.15) is 8.78 Å². The minimum atomic E-state index is -4.30. The molecule has 19 heavy (non-hydrogen) atoms. The van der Waals surface area contributed by atoms with E-state index in [1.807, 2.05) is 4.98 Å². The number of H-pyrrole nitrogens is 1. The van der Waals surface area contributed by atoms with Crippen molar-refractivity contribution in [1.29, 1.82) is 0 Å². The van der Waals surface area contributed by atoms with Crippen LogP contribution in [0, 0.1) is 6.92 Å². The molecule has 0 saturated carbocycles. The molecule has 0 aliphatic heterocycles. The van der Waals surface area contributed by atoms with Crippen LogP contribution in [0.25, 0.3) is 0 Å². The first-order valence-corrected chi connectivity index (χ1v) is 5.25. The molecule has 0 amide bonds.